The second kappa shape index (κ2) is 15.4. The number of carbonyl (C=O) groups is 1. The van der Waals surface area contributed by atoms with Gasteiger partial charge in [-0.15, -0.1) is 0 Å². The zero-order valence-corrected chi connectivity index (χ0v) is 39.3. The number of sulfone groups is 1. The third kappa shape index (κ3) is 7.16. The van der Waals surface area contributed by atoms with Crippen molar-refractivity contribution in [3.63, 3.8) is 0 Å². The molecule has 8 rings (SSSR count). The van der Waals surface area contributed by atoms with E-state index in [1.165, 1.54) is 79.6 Å². The van der Waals surface area contributed by atoms with Gasteiger partial charge < -0.3 is 20.1 Å². The third-order valence-electron chi connectivity index (χ3n) is 19.0. The summed E-state index contributed by atoms with van der Waals surface area (Å²) in [6, 6.07) is 1.97. The van der Waals surface area contributed by atoms with Crippen molar-refractivity contribution in [2.75, 3.05) is 44.3 Å². The van der Waals surface area contributed by atoms with Crippen LogP contribution in [0.5, 0.6) is 5.88 Å². The summed E-state index contributed by atoms with van der Waals surface area (Å²) in [6.07, 6.45) is 17.9. The third-order valence-corrected chi connectivity index (χ3v) is 21.7. The Morgan fingerprint density at radius 1 is 0.983 bits per heavy atom. The van der Waals surface area contributed by atoms with E-state index in [9.17, 15) is 18.3 Å². The van der Waals surface area contributed by atoms with Gasteiger partial charge in [0.2, 0.25) is 5.88 Å². The molecule has 4 saturated carbocycles. The molecule has 1 saturated heterocycles. The molecule has 1 aromatic heterocycles. The zero-order valence-electron chi connectivity index (χ0n) is 37.6. The smallest absolute Gasteiger partial charge is 0.313 e. The minimum atomic E-state index is -2.87. The van der Waals surface area contributed by atoms with Gasteiger partial charge in [0.25, 0.3) is 0 Å². The molecule has 1 aromatic rings. The van der Waals surface area contributed by atoms with Crippen molar-refractivity contribution in [1.82, 2.24) is 14.6 Å². The number of fused-ring (bicyclic) bond motifs is 7. The van der Waals surface area contributed by atoms with Crippen LogP contribution in [0.2, 0.25) is 0 Å². The van der Waals surface area contributed by atoms with Crippen molar-refractivity contribution < 1.29 is 23.1 Å². The molecule has 0 radical (unpaired) electrons. The Hall–Kier alpha value is -2.01. The van der Waals surface area contributed by atoms with Crippen LogP contribution < -0.4 is 10.1 Å². The minimum absolute atomic E-state index is 0.00612. The SMILES string of the molecule is C=C(C)[C@@H]1CC[C@]2(NCCN3CCS(=O)(=O)CC3)CC[C@]3(C)[C@H](CCC4[C@@]5(C)CC=C(C6=CCC(COc7cc(C(C)C)sn7)(C(=O)O)CC6)C(C)(C)[C@@H]5CC[C@]43C)[C@@H]12. The first-order chi connectivity index (χ1) is 27.7. The predicted octanol–water partition coefficient (Wildman–Crippen LogP) is 10.1. The number of carboxylic acid groups (broad SMARTS) is 1. The van der Waals surface area contributed by atoms with Gasteiger partial charge in [-0.3, -0.25) is 4.79 Å². The molecular weight excluding hydrogens is 775 g/mol. The average Bonchev–Trinajstić information content (AvgIpc) is 3.81. The molecule has 8 nitrogen and oxygen atoms in total. The quantitative estimate of drug-likeness (QED) is 0.212. The fourth-order valence-electron chi connectivity index (χ4n) is 15.4. The van der Waals surface area contributed by atoms with Crippen LogP contribution in [0.1, 0.15) is 143 Å². The van der Waals surface area contributed by atoms with E-state index in [1.54, 1.807) is 0 Å². The normalized spacial score (nSPS) is 41.5. The number of aliphatic carboxylic acids is 1. The standard InChI is InChI=1S/C49H75N3O5S2/c1-32(2)35-14-21-49(50-24-25-52-26-28-59(55,56)29-27-52)23-22-46(8)37(42(35)49)10-11-40-45(7)17-15-36(44(5,6)39(45)16-18-47(40,46)9)34-12-19-48(20-13-34,43(53)54)31-57-41-30-38(33(3)4)58-51-41/h12,15,30,33,35,37,39-40,42,50H,1,10-11,13-14,16-29,31H2,2-9H3,(H,53,54)/t35-,37+,39-,40?,42+,45-,46+,47+,48?,49-/m0/s1. The molecule has 10 heteroatoms. The van der Waals surface area contributed by atoms with Crippen molar-refractivity contribution in [2.45, 2.75) is 144 Å². The van der Waals surface area contributed by atoms with Gasteiger partial charge in [0.05, 0.1) is 11.5 Å². The number of hydrogen-bond acceptors (Lipinski definition) is 8. The Kier molecular flexibility index (Phi) is 11.4. The number of ether oxygens (including phenoxy) is 1. The molecule has 5 fully saturated rings. The van der Waals surface area contributed by atoms with E-state index >= 15 is 0 Å². The maximum Gasteiger partial charge on any atom is 0.313 e. The van der Waals surface area contributed by atoms with Gasteiger partial charge >= 0.3 is 5.97 Å². The van der Waals surface area contributed by atoms with Crippen molar-refractivity contribution in [3.8, 4) is 5.88 Å². The molecule has 10 atom stereocenters. The number of carboxylic acids is 1. The highest BCUT2D eigenvalue weighted by Crippen LogP contribution is 2.76. The van der Waals surface area contributed by atoms with Crippen LogP contribution in [0.3, 0.4) is 0 Å². The zero-order chi connectivity index (χ0) is 42.4. The van der Waals surface area contributed by atoms with Gasteiger partial charge in [-0.05, 0) is 164 Å². The first-order valence-corrected chi connectivity index (χ1v) is 25.9. The Morgan fingerprint density at radius 2 is 1.73 bits per heavy atom. The Morgan fingerprint density at radius 3 is 2.37 bits per heavy atom. The van der Waals surface area contributed by atoms with Gasteiger partial charge in [-0.1, -0.05) is 72.8 Å². The number of allylic oxidation sites excluding steroid dienone is 5. The highest BCUT2D eigenvalue weighted by molar-refractivity contribution is 7.91. The molecule has 59 heavy (non-hydrogen) atoms. The van der Waals surface area contributed by atoms with E-state index in [4.69, 9.17) is 4.74 Å². The average molecular weight is 850 g/mol. The topological polar surface area (TPSA) is 109 Å². The van der Waals surface area contributed by atoms with E-state index < -0.39 is 21.2 Å². The summed E-state index contributed by atoms with van der Waals surface area (Å²) >= 11 is 1.44. The molecular formula is C49H75N3O5S2. The fraction of sp³-hybridized carbons (Fsp3) is 0.796. The van der Waals surface area contributed by atoms with Gasteiger partial charge in [-0.2, -0.15) is 4.37 Å². The number of nitrogens with one attached hydrogen (secondary N) is 1. The maximum atomic E-state index is 12.8. The molecule has 328 valence electrons. The largest absolute Gasteiger partial charge is 0.481 e. The summed E-state index contributed by atoms with van der Waals surface area (Å²) in [5.41, 5.74) is 4.14. The highest BCUT2D eigenvalue weighted by Gasteiger charge is 2.70. The summed E-state index contributed by atoms with van der Waals surface area (Å²) in [7, 11) is -2.87. The Balaban J connectivity index is 0.999. The van der Waals surface area contributed by atoms with Crippen LogP contribution in [0, 0.1) is 56.7 Å². The Bertz CT molecular complexity index is 1970. The van der Waals surface area contributed by atoms with Gasteiger partial charge in [-0.25, -0.2) is 8.42 Å². The summed E-state index contributed by atoms with van der Waals surface area (Å²) in [5.74, 6) is 3.78. The van der Waals surface area contributed by atoms with E-state index in [2.05, 4.69) is 88.7 Å². The molecule has 0 amide bonds. The molecule has 0 bridgehead atoms. The molecule has 0 aromatic carbocycles. The van der Waals surface area contributed by atoms with Crippen molar-refractivity contribution in [1.29, 1.82) is 0 Å². The molecule has 1 aliphatic heterocycles. The fourth-order valence-corrected chi connectivity index (χ4v) is 17.3. The van der Waals surface area contributed by atoms with E-state index in [1.807, 2.05) is 6.07 Å². The van der Waals surface area contributed by atoms with Gasteiger partial charge in [0.15, 0.2) is 9.84 Å². The number of rotatable bonds is 11. The van der Waals surface area contributed by atoms with E-state index in [0.717, 1.165) is 30.8 Å². The lowest BCUT2D eigenvalue weighted by Crippen LogP contribution is -2.68. The summed E-state index contributed by atoms with van der Waals surface area (Å²) in [5, 5.41) is 14.8. The molecule has 2 N–H and O–H groups in total. The summed E-state index contributed by atoms with van der Waals surface area (Å²) < 4.78 is 34.7. The predicted molar refractivity (Wildman–Crippen MR) is 240 cm³/mol. The van der Waals surface area contributed by atoms with Crippen LogP contribution in [0.15, 0.2) is 41.5 Å². The van der Waals surface area contributed by atoms with Crippen LogP contribution >= 0.6 is 11.5 Å². The van der Waals surface area contributed by atoms with Crippen molar-refractivity contribution >= 4 is 27.3 Å². The second-order valence-corrected chi connectivity index (χ2v) is 25.5. The van der Waals surface area contributed by atoms with Crippen molar-refractivity contribution in [2.24, 2.45) is 56.7 Å². The monoisotopic (exact) mass is 850 g/mol. The molecule has 6 aliphatic carbocycles. The second-order valence-electron chi connectivity index (χ2n) is 22.3. The van der Waals surface area contributed by atoms with Gasteiger partial charge in [0, 0.05) is 42.7 Å². The highest BCUT2D eigenvalue weighted by atomic mass is 32.2. The lowest BCUT2D eigenvalue weighted by atomic mass is 9.33. The van der Waals surface area contributed by atoms with E-state index in [-0.39, 0.29) is 33.8 Å². The number of hydrogen-bond donors (Lipinski definition) is 2. The lowest BCUT2D eigenvalue weighted by molar-refractivity contribution is -0.221. The first kappa shape index (κ1) is 43.6. The van der Waals surface area contributed by atoms with E-state index in [0.29, 0.717) is 78.8 Å². The molecule has 7 aliphatic rings. The minimum Gasteiger partial charge on any atom is -0.481 e. The summed E-state index contributed by atoms with van der Waals surface area (Å²) in [6.45, 7) is 27.6. The molecule has 0 spiro atoms. The molecule has 2 unspecified atom stereocenters. The first-order valence-electron chi connectivity index (χ1n) is 23.3. The molecule has 2 heterocycles. The van der Waals surface area contributed by atoms with Crippen LogP contribution in [-0.2, 0) is 14.6 Å². The van der Waals surface area contributed by atoms with Gasteiger partial charge in [0.1, 0.15) is 12.0 Å². The lowest BCUT2D eigenvalue weighted by Gasteiger charge is -2.72. The maximum absolute atomic E-state index is 12.8. The number of nitrogens with zero attached hydrogens (tertiary/aromatic N) is 2. The van der Waals surface area contributed by atoms with Crippen LogP contribution in [0.4, 0.5) is 0 Å². The van der Waals surface area contributed by atoms with Crippen molar-refractivity contribution in [3.05, 3.63) is 46.4 Å². The van der Waals surface area contributed by atoms with Crippen LogP contribution in [-0.4, -0.2) is 78.6 Å². The Labute approximate surface area is 360 Å². The van der Waals surface area contributed by atoms with Crippen LogP contribution in [0.25, 0.3) is 0 Å². The number of aromatic nitrogens is 1. The summed E-state index contributed by atoms with van der Waals surface area (Å²) in [4.78, 5) is 16.3.